The number of aromatic nitrogens is 2. The molecule has 0 aliphatic heterocycles. The van der Waals surface area contributed by atoms with Crippen molar-refractivity contribution in [1.82, 2.24) is 9.97 Å². The van der Waals surface area contributed by atoms with Crippen LogP contribution in [0.25, 0.3) is 44.3 Å². The van der Waals surface area contributed by atoms with Gasteiger partial charge in [0.2, 0.25) is 0 Å². The van der Waals surface area contributed by atoms with E-state index in [1.165, 1.54) is 16.3 Å². The van der Waals surface area contributed by atoms with E-state index in [1.807, 2.05) is 6.07 Å². The first-order valence-corrected chi connectivity index (χ1v) is 11.7. The van der Waals surface area contributed by atoms with Gasteiger partial charge in [0.05, 0.1) is 11.4 Å². The van der Waals surface area contributed by atoms with E-state index in [2.05, 4.69) is 105 Å². The van der Waals surface area contributed by atoms with Crippen molar-refractivity contribution in [2.45, 2.75) is 46.5 Å². The largest absolute Gasteiger partial charge is 0.461 e. The van der Waals surface area contributed by atoms with Crippen molar-refractivity contribution in [2.75, 3.05) is 0 Å². The van der Waals surface area contributed by atoms with Gasteiger partial charge in [0, 0.05) is 22.9 Å². The maximum Gasteiger partial charge on any atom is 0.134 e. The lowest BCUT2D eigenvalue weighted by Crippen LogP contribution is -2.12. The van der Waals surface area contributed by atoms with Crippen LogP contribution < -0.4 is 0 Å². The van der Waals surface area contributed by atoms with Gasteiger partial charge in [0.1, 0.15) is 17.7 Å². The molecule has 0 fully saturated rings. The molecule has 0 aliphatic rings. The van der Waals surface area contributed by atoms with Gasteiger partial charge in [0.25, 0.3) is 0 Å². The van der Waals surface area contributed by atoms with E-state index in [1.54, 1.807) is 6.33 Å². The monoisotopic (exact) mass is 434 g/mol. The van der Waals surface area contributed by atoms with Crippen LogP contribution in [0.3, 0.4) is 0 Å². The number of fused-ring (bicyclic) bond motifs is 2. The predicted molar refractivity (Wildman–Crippen MR) is 137 cm³/mol. The summed E-state index contributed by atoms with van der Waals surface area (Å²) >= 11 is 0. The van der Waals surface area contributed by atoms with E-state index in [0.717, 1.165) is 45.7 Å². The molecule has 0 atom stereocenters. The third-order valence-corrected chi connectivity index (χ3v) is 6.11. The summed E-state index contributed by atoms with van der Waals surface area (Å²) in [6.07, 6.45) is 2.61. The molecule has 5 aromatic rings. The standard InChI is InChI=1S/C30H30N2O/c1-19(2)12-24-15-23-14-21(10-11-29(23)33-24)27-17-28(32-18-31-27)22-13-20-8-6-7-9-25(20)26(16-22)30(3,4)5/h6-11,13-19H,12H2,1-5H3. The van der Waals surface area contributed by atoms with Gasteiger partial charge in [0.15, 0.2) is 0 Å². The maximum absolute atomic E-state index is 6.02. The minimum Gasteiger partial charge on any atom is -0.461 e. The molecule has 3 nitrogen and oxygen atoms in total. The Morgan fingerprint density at radius 3 is 2.27 bits per heavy atom. The summed E-state index contributed by atoms with van der Waals surface area (Å²) in [5, 5.41) is 3.65. The average Bonchev–Trinajstić information content (AvgIpc) is 3.18. The van der Waals surface area contributed by atoms with Crippen LogP contribution >= 0.6 is 0 Å². The highest BCUT2D eigenvalue weighted by molar-refractivity contribution is 5.91. The zero-order chi connectivity index (χ0) is 23.2. The van der Waals surface area contributed by atoms with Crippen molar-refractivity contribution < 1.29 is 4.42 Å². The van der Waals surface area contributed by atoms with Gasteiger partial charge < -0.3 is 4.42 Å². The molecule has 0 unspecified atom stereocenters. The highest BCUT2D eigenvalue weighted by atomic mass is 16.3. The molecule has 0 aliphatic carbocycles. The van der Waals surface area contributed by atoms with Crippen molar-refractivity contribution in [3.63, 3.8) is 0 Å². The second-order valence-electron chi connectivity index (χ2n) is 10.3. The van der Waals surface area contributed by atoms with Crippen LogP contribution in [0.15, 0.2) is 77.5 Å². The Hall–Kier alpha value is -3.46. The van der Waals surface area contributed by atoms with Gasteiger partial charge in [-0.2, -0.15) is 0 Å². The van der Waals surface area contributed by atoms with Gasteiger partial charge in [-0.1, -0.05) is 58.9 Å². The molecule has 5 rings (SSSR count). The fourth-order valence-corrected chi connectivity index (χ4v) is 4.51. The molecular formula is C30H30N2O. The Morgan fingerprint density at radius 2 is 1.52 bits per heavy atom. The first-order valence-electron chi connectivity index (χ1n) is 11.7. The Morgan fingerprint density at radius 1 is 0.788 bits per heavy atom. The minimum absolute atomic E-state index is 0.0332. The number of nitrogens with zero attached hydrogens (tertiary/aromatic N) is 2. The van der Waals surface area contributed by atoms with Crippen LogP contribution in [0, 0.1) is 5.92 Å². The number of hydrogen-bond acceptors (Lipinski definition) is 3. The summed E-state index contributed by atoms with van der Waals surface area (Å²) < 4.78 is 6.02. The molecule has 0 amide bonds. The lowest BCUT2D eigenvalue weighted by molar-refractivity contribution is 0.500. The van der Waals surface area contributed by atoms with E-state index >= 15 is 0 Å². The summed E-state index contributed by atoms with van der Waals surface area (Å²) in [6.45, 7) is 11.2. The molecule has 2 heterocycles. The minimum atomic E-state index is 0.0332. The van der Waals surface area contributed by atoms with Crippen molar-refractivity contribution in [3.8, 4) is 22.5 Å². The summed E-state index contributed by atoms with van der Waals surface area (Å²) in [7, 11) is 0. The zero-order valence-electron chi connectivity index (χ0n) is 20.0. The third-order valence-electron chi connectivity index (χ3n) is 6.11. The predicted octanol–water partition coefficient (Wildman–Crippen LogP) is 8.21. The molecule has 3 aromatic carbocycles. The molecule has 0 saturated carbocycles. The van der Waals surface area contributed by atoms with Gasteiger partial charge in [-0.15, -0.1) is 0 Å². The normalized spacial score (nSPS) is 12.2. The summed E-state index contributed by atoms with van der Waals surface area (Å²) in [6, 6.07) is 23.6. The summed E-state index contributed by atoms with van der Waals surface area (Å²) in [5.74, 6) is 1.60. The van der Waals surface area contributed by atoms with Crippen molar-refractivity contribution in [1.29, 1.82) is 0 Å². The van der Waals surface area contributed by atoms with Crippen LogP contribution in [-0.4, -0.2) is 9.97 Å². The van der Waals surface area contributed by atoms with E-state index in [9.17, 15) is 0 Å². The Balaban J connectivity index is 1.58. The van der Waals surface area contributed by atoms with Gasteiger partial charge >= 0.3 is 0 Å². The Kier molecular flexibility index (Phi) is 5.28. The molecule has 3 heteroatoms. The fraction of sp³-hybridized carbons (Fsp3) is 0.267. The van der Waals surface area contributed by atoms with E-state index in [-0.39, 0.29) is 5.41 Å². The first kappa shape index (κ1) is 21.4. The number of benzene rings is 3. The lowest BCUT2D eigenvalue weighted by Gasteiger charge is -2.22. The number of furan rings is 1. The van der Waals surface area contributed by atoms with E-state index < -0.39 is 0 Å². The Bertz CT molecular complexity index is 1450. The second kappa shape index (κ2) is 8.15. The topological polar surface area (TPSA) is 38.9 Å². The average molecular weight is 435 g/mol. The molecule has 0 spiro atoms. The van der Waals surface area contributed by atoms with Crippen molar-refractivity contribution in [3.05, 3.63) is 84.4 Å². The lowest BCUT2D eigenvalue weighted by atomic mass is 9.82. The molecule has 0 bridgehead atoms. The van der Waals surface area contributed by atoms with E-state index in [0.29, 0.717) is 5.92 Å². The number of hydrogen-bond donors (Lipinski definition) is 0. The molecule has 166 valence electrons. The third kappa shape index (κ3) is 4.28. The second-order valence-corrected chi connectivity index (χ2v) is 10.3. The molecule has 33 heavy (non-hydrogen) atoms. The van der Waals surface area contributed by atoms with Gasteiger partial charge in [-0.05, 0) is 70.1 Å². The highest BCUT2D eigenvalue weighted by Crippen LogP contribution is 2.35. The SMILES string of the molecule is CC(C)Cc1cc2cc(-c3cc(-c4cc(C(C)(C)C)c5ccccc5c4)ncn3)ccc2o1. The van der Waals surface area contributed by atoms with Crippen LogP contribution in [0.2, 0.25) is 0 Å². The first-order chi connectivity index (χ1) is 15.8. The molecule has 2 aromatic heterocycles. The maximum atomic E-state index is 6.02. The fourth-order valence-electron chi connectivity index (χ4n) is 4.51. The quantitative estimate of drug-likeness (QED) is 0.286. The van der Waals surface area contributed by atoms with Crippen molar-refractivity contribution >= 4 is 21.7 Å². The number of rotatable bonds is 4. The van der Waals surface area contributed by atoms with Crippen molar-refractivity contribution in [2.24, 2.45) is 5.92 Å². The van der Waals surface area contributed by atoms with Crippen LogP contribution in [0.1, 0.15) is 45.9 Å². The smallest absolute Gasteiger partial charge is 0.134 e. The van der Waals surface area contributed by atoms with E-state index in [4.69, 9.17) is 4.42 Å². The molecule has 0 saturated heterocycles. The van der Waals surface area contributed by atoms with Crippen LogP contribution in [0.5, 0.6) is 0 Å². The zero-order valence-corrected chi connectivity index (χ0v) is 20.0. The van der Waals surface area contributed by atoms with Gasteiger partial charge in [-0.25, -0.2) is 9.97 Å². The van der Waals surface area contributed by atoms with Crippen LogP contribution in [0.4, 0.5) is 0 Å². The highest BCUT2D eigenvalue weighted by Gasteiger charge is 2.19. The van der Waals surface area contributed by atoms with Crippen LogP contribution in [-0.2, 0) is 11.8 Å². The molecule has 0 radical (unpaired) electrons. The van der Waals surface area contributed by atoms with Gasteiger partial charge in [-0.3, -0.25) is 0 Å². The Labute approximate surface area is 195 Å². The molecule has 0 N–H and O–H groups in total. The molecular weight excluding hydrogens is 404 g/mol. The summed E-state index contributed by atoms with van der Waals surface area (Å²) in [4.78, 5) is 9.22. The summed E-state index contributed by atoms with van der Waals surface area (Å²) in [5.41, 5.74) is 6.32.